The molecule has 2 aromatic heterocycles. The van der Waals surface area contributed by atoms with Crippen LogP contribution in [-0.2, 0) is 13.2 Å². The summed E-state index contributed by atoms with van der Waals surface area (Å²) >= 11 is 1.84. The van der Waals surface area contributed by atoms with Gasteiger partial charge in [0.1, 0.15) is 6.61 Å². The molecule has 0 atom stereocenters. The zero-order valence-electron chi connectivity index (χ0n) is 12.6. The summed E-state index contributed by atoms with van der Waals surface area (Å²) in [6.45, 7) is 11.0. The van der Waals surface area contributed by atoms with E-state index in [1.54, 1.807) is 6.20 Å². The SMILES string of the molecule is CCNCc1cc(COc2cnn(C(C)C)c2)c(C)s1. The van der Waals surface area contributed by atoms with E-state index in [0.717, 1.165) is 18.8 Å². The van der Waals surface area contributed by atoms with Gasteiger partial charge in [0, 0.05) is 27.9 Å². The Hall–Kier alpha value is -1.33. The van der Waals surface area contributed by atoms with Crippen molar-refractivity contribution in [2.45, 2.75) is 46.9 Å². The summed E-state index contributed by atoms with van der Waals surface area (Å²) in [5.41, 5.74) is 1.26. The van der Waals surface area contributed by atoms with Crippen LogP contribution in [-0.4, -0.2) is 16.3 Å². The summed E-state index contributed by atoms with van der Waals surface area (Å²) in [6, 6.07) is 2.59. The minimum absolute atomic E-state index is 0.363. The van der Waals surface area contributed by atoms with Gasteiger partial charge in [-0.3, -0.25) is 4.68 Å². The molecule has 0 radical (unpaired) electrons. The summed E-state index contributed by atoms with van der Waals surface area (Å²) < 4.78 is 7.73. The van der Waals surface area contributed by atoms with Gasteiger partial charge in [-0.15, -0.1) is 11.3 Å². The average Bonchev–Trinajstić information content (AvgIpc) is 3.01. The van der Waals surface area contributed by atoms with Crippen LogP contribution >= 0.6 is 11.3 Å². The summed E-state index contributed by atoms with van der Waals surface area (Å²) in [4.78, 5) is 2.69. The summed E-state index contributed by atoms with van der Waals surface area (Å²) in [5, 5.41) is 7.63. The first kappa shape index (κ1) is 15.1. The molecule has 0 fully saturated rings. The van der Waals surface area contributed by atoms with Crippen molar-refractivity contribution >= 4 is 11.3 Å². The van der Waals surface area contributed by atoms with Gasteiger partial charge in [0.25, 0.3) is 0 Å². The highest BCUT2D eigenvalue weighted by Gasteiger charge is 2.07. The predicted molar refractivity (Wildman–Crippen MR) is 83.4 cm³/mol. The van der Waals surface area contributed by atoms with E-state index in [1.807, 2.05) is 22.2 Å². The van der Waals surface area contributed by atoms with E-state index in [1.165, 1.54) is 15.3 Å². The van der Waals surface area contributed by atoms with E-state index in [9.17, 15) is 0 Å². The van der Waals surface area contributed by atoms with Gasteiger partial charge in [-0.1, -0.05) is 6.92 Å². The van der Waals surface area contributed by atoms with Crippen molar-refractivity contribution in [2.24, 2.45) is 0 Å². The van der Waals surface area contributed by atoms with Crippen molar-refractivity contribution in [2.75, 3.05) is 6.54 Å². The Kier molecular flexibility index (Phi) is 5.20. The molecule has 5 heteroatoms. The van der Waals surface area contributed by atoms with Gasteiger partial charge in [0.05, 0.1) is 12.4 Å². The van der Waals surface area contributed by atoms with E-state index in [-0.39, 0.29) is 0 Å². The zero-order chi connectivity index (χ0) is 14.5. The molecule has 2 aromatic rings. The molecule has 0 unspecified atom stereocenters. The molecule has 0 amide bonds. The maximum atomic E-state index is 5.82. The zero-order valence-corrected chi connectivity index (χ0v) is 13.5. The number of hydrogen-bond acceptors (Lipinski definition) is 4. The fraction of sp³-hybridized carbons (Fsp3) is 0.533. The number of thiophene rings is 1. The highest BCUT2D eigenvalue weighted by molar-refractivity contribution is 7.12. The molecule has 0 aliphatic rings. The maximum absolute atomic E-state index is 5.82. The summed E-state index contributed by atoms with van der Waals surface area (Å²) in [6.07, 6.45) is 3.73. The largest absolute Gasteiger partial charge is 0.486 e. The van der Waals surface area contributed by atoms with Crippen LogP contribution in [0.25, 0.3) is 0 Å². The normalized spacial score (nSPS) is 11.2. The molecule has 0 spiro atoms. The van der Waals surface area contributed by atoms with Crippen LogP contribution < -0.4 is 10.1 Å². The van der Waals surface area contributed by atoms with Crippen LogP contribution in [0.2, 0.25) is 0 Å². The molecule has 20 heavy (non-hydrogen) atoms. The smallest absolute Gasteiger partial charge is 0.157 e. The molecular formula is C15H23N3OS. The second-order valence-corrected chi connectivity index (χ2v) is 6.45. The Morgan fingerprint density at radius 3 is 2.90 bits per heavy atom. The Balaban J connectivity index is 1.94. The molecule has 2 rings (SSSR count). The van der Waals surface area contributed by atoms with E-state index in [0.29, 0.717) is 12.6 Å². The third-order valence-corrected chi connectivity index (χ3v) is 4.21. The summed E-state index contributed by atoms with van der Waals surface area (Å²) in [5.74, 6) is 0.831. The fourth-order valence-corrected chi connectivity index (χ4v) is 2.92. The highest BCUT2D eigenvalue weighted by Crippen LogP contribution is 2.23. The number of nitrogens with one attached hydrogen (secondary N) is 1. The number of nitrogens with zero attached hydrogens (tertiary/aromatic N) is 2. The van der Waals surface area contributed by atoms with E-state index in [4.69, 9.17) is 4.74 Å². The van der Waals surface area contributed by atoms with Crippen molar-refractivity contribution in [1.82, 2.24) is 15.1 Å². The maximum Gasteiger partial charge on any atom is 0.157 e. The quantitative estimate of drug-likeness (QED) is 0.849. The molecule has 4 nitrogen and oxygen atoms in total. The minimum Gasteiger partial charge on any atom is -0.486 e. The fourth-order valence-electron chi connectivity index (χ4n) is 1.90. The molecule has 1 N–H and O–H groups in total. The van der Waals surface area contributed by atoms with Gasteiger partial charge < -0.3 is 10.1 Å². The first-order valence-corrected chi connectivity index (χ1v) is 7.87. The van der Waals surface area contributed by atoms with Gasteiger partial charge in [-0.05, 0) is 33.4 Å². The third kappa shape index (κ3) is 3.84. The molecular weight excluding hydrogens is 270 g/mol. The molecule has 0 bridgehead atoms. The molecule has 0 aliphatic carbocycles. The van der Waals surface area contributed by atoms with Crippen LogP contribution in [0.15, 0.2) is 18.5 Å². The Bertz CT molecular complexity index is 545. The van der Waals surface area contributed by atoms with Gasteiger partial charge in [0.2, 0.25) is 0 Å². The minimum atomic E-state index is 0.363. The van der Waals surface area contributed by atoms with Gasteiger partial charge >= 0.3 is 0 Å². The van der Waals surface area contributed by atoms with Crippen LogP contribution in [0.4, 0.5) is 0 Å². The Morgan fingerprint density at radius 2 is 2.25 bits per heavy atom. The number of ether oxygens (including phenoxy) is 1. The topological polar surface area (TPSA) is 39.1 Å². The van der Waals surface area contributed by atoms with Crippen LogP contribution in [0, 0.1) is 6.92 Å². The number of hydrogen-bond donors (Lipinski definition) is 1. The van der Waals surface area contributed by atoms with Crippen molar-refractivity contribution in [3.8, 4) is 5.75 Å². The second-order valence-electron chi connectivity index (χ2n) is 5.11. The van der Waals surface area contributed by atoms with Crippen molar-refractivity contribution in [3.63, 3.8) is 0 Å². The van der Waals surface area contributed by atoms with Gasteiger partial charge in [0.15, 0.2) is 5.75 Å². The first-order valence-electron chi connectivity index (χ1n) is 7.06. The van der Waals surface area contributed by atoms with Crippen molar-refractivity contribution in [1.29, 1.82) is 0 Å². The van der Waals surface area contributed by atoms with E-state index < -0.39 is 0 Å². The molecule has 2 heterocycles. The van der Waals surface area contributed by atoms with Gasteiger partial charge in [-0.2, -0.15) is 5.10 Å². The highest BCUT2D eigenvalue weighted by atomic mass is 32.1. The Morgan fingerprint density at radius 1 is 1.45 bits per heavy atom. The van der Waals surface area contributed by atoms with Crippen LogP contribution in [0.5, 0.6) is 5.75 Å². The van der Waals surface area contributed by atoms with Crippen molar-refractivity contribution in [3.05, 3.63) is 33.8 Å². The number of rotatable bonds is 7. The lowest BCUT2D eigenvalue weighted by atomic mass is 10.2. The number of aromatic nitrogens is 2. The monoisotopic (exact) mass is 293 g/mol. The predicted octanol–water partition coefficient (Wildman–Crippen LogP) is 3.52. The average molecular weight is 293 g/mol. The molecule has 110 valence electrons. The summed E-state index contributed by atoms with van der Waals surface area (Å²) in [7, 11) is 0. The second kappa shape index (κ2) is 6.90. The first-order chi connectivity index (χ1) is 9.60. The van der Waals surface area contributed by atoms with E-state index in [2.05, 4.69) is 44.2 Å². The lowest BCUT2D eigenvalue weighted by Crippen LogP contribution is -2.10. The standard InChI is InChI=1S/C15H23N3OS/c1-5-16-8-15-6-13(12(4)20-15)10-19-14-7-17-18(9-14)11(2)3/h6-7,9,11,16H,5,8,10H2,1-4H3. The lowest BCUT2D eigenvalue weighted by molar-refractivity contribution is 0.305. The molecule has 0 saturated carbocycles. The van der Waals surface area contributed by atoms with Gasteiger partial charge in [-0.25, -0.2) is 0 Å². The molecule has 0 aromatic carbocycles. The lowest BCUT2D eigenvalue weighted by Gasteiger charge is -2.04. The molecule has 0 aliphatic heterocycles. The van der Waals surface area contributed by atoms with E-state index >= 15 is 0 Å². The van der Waals surface area contributed by atoms with Crippen molar-refractivity contribution < 1.29 is 4.74 Å². The number of aryl methyl sites for hydroxylation is 1. The molecule has 0 saturated heterocycles. The van der Waals surface area contributed by atoms with Crippen LogP contribution in [0.3, 0.4) is 0 Å². The third-order valence-electron chi connectivity index (χ3n) is 3.12. The Labute approximate surface area is 124 Å². The van der Waals surface area contributed by atoms with Crippen LogP contribution in [0.1, 0.15) is 42.1 Å².